The van der Waals surface area contributed by atoms with Crippen LogP contribution < -0.4 is 4.74 Å². The Morgan fingerprint density at radius 1 is 1.07 bits per heavy atom. The fraction of sp³-hybridized carbons (Fsp3) is 0.636. The highest BCUT2D eigenvalue weighted by atomic mass is 16.5. The molecular formula is C22H30N2O3. The van der Waals surface area contributed by atoms with Crippen molar-refractivity contribution in [3.05, 3.63) is 29.8 Å². The molecule has 0 radical (unpaired) electrons. The van der Waals surface area contributed by atoms with Crippen LogP contribution in [0.4, 0.5) is 0 Å². The highest BCUT2D eigenvalue weighted by Crippen LogP contribution is 2.46. The summed E-state index contributed by atoms with van der Waals surface area (Å²) in [5.41, 5.74) is 1.01. The van der Waals surface area contributed by atoms with E-state index < -0.39 is 0 Å². The number of hydrogen-bond donors (Lipinski definition) is 0. The van der Waals surface area contributed by atoms with Gasteiger partial charge in [0, 0.05) is 19.5 Å². The molecule has 5 heteroatoms. The summed E-state index contributed by atoms with van der Waals surface area (Å²) < 4.78 is 5.22. The van der Waals surface area contributed by atoms with Gasteiger partial charge in [-0.3, -0.25) is 19.4 Å². The summed E-state index contributed by atoms with van der Waals surface area (Å²) >= 11 is 0. The molecule has 3 fully saturated rings. The zero-order valence-electron chi connectivity index (χ0n) is 16.3. The summed E-state index contributed by atoms with van der Waals surface area (Å²) in [4.78, 5) is 29.1. The van der Waals surface area contributed by atoms with Crippen LogP contribution in [0.2, 0.25) is 0 Å². The quantitative estimate of drug-likeness (QED) is 0.747. The molecule has 1 aliphatic carbocycles. The maximum atomic E-state index is 12.8. The summed E-state index contributed by atoms with van der Waals surface area (Å²) in [6.45, 7) is 2.42. The number of ether oxygens (including phenoxy) is 1. The van der Waals surface area contributed by atoms with Crippen molar-refractivity contribution in [2.75, 3.05) is 26.9 Å². The molecule has 0 bridgehead atoms. The third-order valence-corrected chi connectivity index (χ3v) is 6.78. The standard InChI is InChI=1S/C22H30N2O3/c1-27-19-6-4-17(5-7-19)14-18-8-12-23(13-9-18)16-24-20(25)15-22(21(24)26)10-2-3-11-22/h4-7,18H,2-3,8-16H2,1H3. The molecule has 1 spiro atoms. The number of likely N-dealkylation sites (tertiary alicyclic amines) is 2. The molecule has 0 atom stereocenters. The number of hydrogen-bond acceptors (Lipinski definition) is 4. The maximum absolute atomic E-state index is 12.8. The molecule has 1 aromatic rings. The first-order chi connectivity index (χ1) is 13.1. The van der Waals surface area contributed by atoms with E-state index in [0.717, 1.165) is 63.8 Å². The summed E-state index contributed by atoms with van der Waals surface area (Å²) in [7, 11) is 1.69. The van der Waals surface area contributed by atoms with Crippen LogP contribution in [0.3, 0.4) is 0 Å². The van der Waals surface area contributed by atoms with E-state index in [9.17, 15) is 9.59 Å². The number of carbonyl (C=O) groups excluding carboxylic acids is 2. The number of piperidine rings is 1. The van der Waals surface area contributed by atoms with Gasteiger partial charge in [-0.15, -0.1) is 0 Å². The predicted molar refractivity (Wildman–Crippen MR) is 103 cm³/mol. The number of amides is 2. The fourth-order valence-electron chi connectivity index (χ4n) is 5.07. The summed E-state index contributed by atoms with van der Waals surface area (Å²) in [5.74, 6) is 1.71. The van der Waals surface area contributed by atoms with Crippen molar-refractivity contribution in [1.29, 1.82) is 0 Å². The smallest absolute Gasteiger partial charge is 0.237 e. The molecule has 1 saturated carbocycles. The van der Waals surface area contributed by atoms with Crippen molar-refractivity contribution in [2.45, 2.75) is 51.4 Å². The van der Waals surface area contributed by atoms with E-state index in [1.807, 2.05) is 12.1 Å². The molecule has 1 aromatic carbocycles. The van der Waals surface area contributed by atoms with E-state index in [-0.39, 0.29) is 17.2 Å². The third-order valence-electron chi connectivity index (χ3n) is 6.78. The Morgan fingerprint density at radius 2 is 1.74 bits per heavy atom. The predicted octanol–water partition coefficient (Wildman–Crippen LogP) is 3.23. The first kappa shape index (κ1) is 18.5. The zero-order chi connectivity index (χ0) is 18.9. The minimum Gasteiger partial charge on any atom is -0.497 e. The first-order valence-electron chi connectivity index (χ1n) is 10.3. The second-order valence-corrected chi connectivity index (χ2v) is 8.55. The SMILES string of the molecule is COc1ccc(CC2CCN(CN3C(=O)CC4(CCCC4)C3=O)CC2)cc1. The molecule has 4 rings (SSSR count). The van der Waals surface area contributed by atoms with Gasteiger partial charge in [0.05, 0.1) is 19.2 Å². The number of rotatable bonds is 5. The van der Waals surface area contributed by atoms with E-state index in [0.29, 0.717) is 19.0 Å². The number of nitrogens with zero attached hydrogens (tertiary/aromatic N) is 2. The lowest BCUT2D eigenvalue weighted by Gasteiger charge is -2.34. The highest BCUT2D eigenvalue weighted by Gasteiger charge is 2.52. The van der Waals surface area contributed by atoms with Gasteiger partial charge in [0.1, 0.15) is 5.75 Å². The molecule has 0 aromatic heterocycles. The van der Waals surface area contributed by atoms with E-state index >= 15 is 0 Å². The molecule has 2 aliphatic heterocycles. The van der Waals surface area contributed by atoms with Crippen molar-refractivity contribution >= 4 is 11.8 Å². The Kier molecular flexibility index (Phi) is 5.22. The monoisotopic (exact) mass is 370 g/mol. The molecule has 2 saturated heterocycles. The number of carbonyl (C=O) groups is 2. The fourth-order valence-corrected chi connectivity index (χ4v) is 5.07. The van der Waals surface area contributed by atoms with Crippen molar-refractivity contribution in [2.24, 2.45) is 11.3 Å². The molecule has 3 aliphatic rings. The molecule has 146 valence electrons. The van der Waals surface area contributed by atoms with Crippen LogP contribution in [0.15, 0.2) is 24.3 Å². The van der Waals surface area contributed by atoms with Gasteiger partial charge >= 0.3 is 0 Å². The van der Waals surface area contributed by atoms with Crippen LogP contribution in [0.25, 0.3) is 0 Å². The second kappa shape index (κ2) is 7.63. The van der Waals surface area contributed by atoms with Crippen LogP contribution in [0, 0.1) is 11.3 Å². The lowest BCUT2D eigenvalue weighted by atomic mass is 9.84. The Morgan fingerprint density at radius 3 is 2.37 bits per heavy atom. The van der Waals surface area contributed by atoms with Gasteiger partial charge < -0.3 is 4.74 Å². The lowest BCUT2D eigenvalue weighted by Crippen LogP contribution is -2.46. The average Bonchev–Trinajstić information content (AvgIpc) is 3.25. The normalized spacial score (nSPS) is 23.5. The largest absolute Gasteiger partial charge is 0.497 e. The van der Waals surface area contributed by atoms with E-state index in [1.165, 1.54) is 5.56 Å². The van der Waals surface area contributed by atoms with E-state index in [4.69, 9.17) is 4.74 Å². The Bertz CT molecular complexity index is 686. The molecule has 5 nitrogen and oxygen atoms in total. The Balaban J connectivity index is 1.28. The minimum atomic E-state index is -0.343. The molecule has 27 heavy (non-hydrogen) atoms. The van der Waals surface area contributed by atoms with E-state index in [2.05, 4.69) is 17.0 Å². The van der Waals surface area contributed by atoms with Crippen LogP contribution in [-0.4, -0.2) is 48.5 Å². The zero-order valence-corrected chi connectivity index (χ0v) is 16.3. The molecule has 2 amide bonds. The number of benzene rings is 1. The number of imide groups is 1. The van der Waals surface area contributed by atoms with Gasteiger partial charge in [0.25, 0.3) is 0 Å². The third kappa shape index (κ3) is 3.75. The summed E-state index contributed by atoms with van der Waals surface area (Å²) in [6.07, 6.45) is 7.74. The van der Waals surface area contributed by atoms with Crippen molar-refractivity contribution in [3.8, 4) is 5.75 Å². The molecule has 0 unspecified atom stereocenters. The van der Waals surface area contributed by atoms with Crippen LogP contribution in [0.5, 0.6) is 5.75 Å². The highest BCUT2D eigenvalue weighted by molar-refractivity contribution is 6.06. The van der Waals surface area contributed by atoms with Crippen molar-refractivity contribution in [1.82, 2.24) is 9.80 Å². The molecular weight excluding hydrogens is 340 g/mol. The van der Waals surface area contributed by atoms with Crippen LogP contribution in [0.1, 0.15) is 50.5 Å². The van der Waals surface area contributed by atoms with Crippen LogP contribution >= 0.6 is 0 Å². The van der Waals surface area contributed by atoms with Crippen molar-refractivity contribution in [3.63, 3.8) is 0 Å². The average molecular weight is 370 g/mol. The first-order valence-corrected chi connectivity index (χ1v) is 10.3. The molecule has 0 N–H and O–H groups in total. The summed E-state index contributed by atoms with van der Waals surface area (Å²) in [5, 5.41) is 0. The number of methoxy groups -OCH3 is 1. The van der Waals surface area contributed by atoms with Crippen molar-refractivity contribution < 1.29 is 14.3 Å². The van der Waals surface area contributed by atoms with Gasteiger partial charge in [-0.25, -0.2) is 0 Å². The lowest BCUT2D eigenvalue weighted by molar-refractivity contribution is -0.144. The van der Waals surface area contributed by atoms with Gasteiger partial charge in [-0.05, 0) is 55.7 Å². The summed E-state index contributed by atoms with van der Waals surface area (Å²) in [6, 6.07) is 8.34. The van der Waals surface area contributed by atoms with Gasteiger partial charge in [-0.2, -0.15) is 0 Å². The Labute approximate surface area is 161 Å². The minimum absolute atomic E-state index is 0.0438. The second-order valence-electron chi connectivity index (χ2n) is 8.55. The molecule has 2 heterocycles. The van der Waals surface area contributed by atoms with Gasteiger partial charge in [0.15, 0.2) is 0 Å². The van der Waals surface area contributed by atoms with Gasteiger partial charge in [0.2, 0.25) is 11.8 Å². The van der Waals surface area contributed by atoms with Crippen LogP contribution in [-0.2, 0) is 16.0 Å². The van der Waals surface area contributed by atoms with Gasteiger partial charge in [-0.1, -0.05) is 25.0 Å². The maximum Gasteiger partial charge on any atom is 0.237 e. The Hall–Kier alpha value is -1.88. The topological polar surface area (TPSA) is 49.9 Å². The van der Waals surface area contributed by atoms with E-state index in [1.54, 1.807) is 12.0 Å².